The molecule has 0 aromatic carbocycles. The Labute approximate surface area is 123 Å². The molecule has 2 fully saturated rings. The third kappa shape index (κ3) is 2.61. The molecule has 0 spiro atoms. The van der Waals surface area contributed by atoms with Crippen molar-refractivity contribution in [3.05, 3.63) is 18.7 Å². The van der Waals surface area contributed by atoms with Gasteiger partial charge in [-0.3, -0.25) is 14.5 Å². The van der Waals surface area contributed by atoms with Crippen LogP contribution >= 0.6 is 0 Å². The summed E-state index contributed by atoms with van der Waals surface area (Å²) in [5.74, 6) is 0.471. The molecule has 7 nitrogen and oxygen atoms in total. The Balaban J connectivity index is 1.65. The molecule has 0 radical (unpaired) electrons. The van der Waals surface area contributed by atoms with E-state index in [9.17, 15) is 9.59 Å². The lowest BCUT2D eigenvalue weighted by Gasteiger charge is -2.22. The minimum absolute atomic E-state index is 0.0137. The van der Waals surface area contributed by atoms with Crippen molar-refractivity contribution < 1.29 is 9.59 Å². The molecule has 3 heterocycles. The van der Waals surface area contributed by atoms with Gasteiger partial charge >= 0.3 is 0 Å². The number of nitrogens with zero attached hydrogens (tertiary/aromatic N) is 5. The molecule has 2 aliphatic rings. The van der Waals surface area contributed by atoms with Gasteiger partial charge in [-0.1, -0.05) is 0 Å². The van der Waals surface area contributed by atoms with Crippen LogP contribution in [-0.4, -0.2) is 71.9 Å². The lowest BCUT2D eigenvalue weighted by Crippen LogP contribution is -2.38. The predicted octanol–water partition coefficient (Wildman–Crippen LogP) is -0.541. The van der Waals surface area contributed by atoms with Gasteiger partial charge in [0.1, 0.15) is 6.33 Å². The molecule has 3 rings (SSSR count). The number of hydrogen-bond acceptors (Lipinski definition) is 5. The van der Waals surface area contributed by atoms with Crippen LogP contribution in [0.3, 0.4) is 0 Å². The first-order valence-corrected chi connectivity index (χ1v) is 7.05. The molecule has 0 bridgehead atoms. The summed E-state index contributed by atoms with van der Waals surface area (Å²) in [5.41, 5.74) is 0.757. The average molecular weight is 289 g/mol. The number of hydrogen-bond donors (Lipinski definition) is 0. The molecule has 1 aromatic rings. The maximum atomic E-state index is 12.5. The van der Waals surface area contributed by atoms with Gasteiger partial charge in [0.15, 0.2) is 0 Å². The van der Waals surface area contributed by atoms with Crippen molar-refractivity contribution >= 4 is 17.5 Å². The summed E-state index contributed by atoms with van der Waals surface area (Å²) in [6, 6.07) is 0. The fourth-order valence-electron chi connectivity index (χ4n) is 3.08. The Kier molecular flexibility index (Phi) is 3.59. The van der Waals surface area contributed by atoms with Crippen LogP contribution in [0.15, 0.2) is 18.7 Å². The SMILES string of the molecule is CN(C)C(=O)CN1C[C@@H]2CN(c3cncnc3)C(=O)[C@@H]2C1. The van der Waals surface area contributed by atoms with Crippen LogP contribution in [0.5, 0.6) is 0 Å². The van der Waals surface area contributed by atoms with E-state index in [-0.39, 0.29) is 23.7 Å². The van der Waals surface area contributed by atoms with Gasteiger partial charge in [0.05, 0.1) is 30.5 Å². The largest absolute Gasteiger partial charge is 0.348 e. The minimum atomic E-state index is -0.0137. The molecular formula is C14H19N5O2. The summed E-state index contributed by atoms with van der Waals surface area (Å²) in [6.07, 6.45) is 4.79. The number of anilines is 1. The monoisotopic (exact) mass is 289 g/mol. The maximum absolute atomic E-state index is 12.5. The smallest absolute Gasteiger partial charge is 0.236 e. The van der Waals surface area contributed by atoms with Gasteiger partial charge in [0.2, 0.25) is 11.8 Å². The van der Waals surface area contributed by atoms with Crippen molar-refractivity contribution in [2.45, 2.75) is 0 Å². The highest BCUT2D eigenvalue weighted by molar-refractivity contribution is 5.97. The van der Waals surface area contributed by atoms with Crippen molar-refractivity contribution in [3.63, 3.8) is 0 Å². The molecular weight excluding hydrogens is 270 g/mol. The number of aromatic nitrogens is 2. The fraction of sp³-hybridized carbons (Fsp3) is 0.571. The van der Waals surface area contributed by atoms with Crippen molar-refractivity contribution in [1.82, 2.24) is 19.8 Å². The molecule has 0 N–H and O–H groups in total. The number of fused-ring (bicyclic) bond motifs is 1. The van der Waals surface area contributed by atoms with Gasteiger partial charge in [-0.05, 0) is 0 Å². The van der Waals surface area contributed by atoms with Crippen LogP contribution in [0.2, 0.25) is 0 Å². The second kappa shape index (κ2) is 5.40. The van der Waals surface area contributed by atoms with Crippen molar-refractivity contribution in [2.24, 2.45) is 11.8 Å². The van der Waals surface area contributed by atoms with Crippen molar-refractivity contribution in [3.8, 4) is 0 Å². The molecule has 21 heavy (non-hydrogen) atoms. The number of amides is 2. The summed E-state index contributed by atoms with van der Waals surface area (Å²) < 4.78 is 0. The van der Waals surface area contributed by atoms with Gasteiger partial charge in [-0.25, -0.2) is 9.97 Å². The zero-order valence-electron chi connectivity index (χ0n) is 12.3. The Morgan fingerprint density at radius 3 is 2.62 bits per heavy atom. The lowest BCUT2D eigenvalue weighted by atomic mass is 10.0. The summed E-state index contributed by atoms with van der Waals surface area (Å²) in [7, 11) is 3.50. The van der Waals surface area contributed by atoms with Crippen LogP contribution in [0, 0.1) is 11.8 Å². The molecule has 2 aliphatic heterocycles. The van der Waals surface area contributed by atoms with E-state index in [2.05, 4.69) is 14.9 Å². The Morgan fingerprint density at radius 2 is 2.00 bits per heavy atom. The molecule has 1 aromatic heterocycles. The van der Waals surface area contributed by atoms with Crippen LogP contribution in [-0.2, 0) is 9.59 Å². The second-order valence-corrected chi connectivity index (χ2v) is 5.89. The van der Waals surface area contributed by atoms with Crippen LogP contribution in [0.1, 0.15) is 0 Å². The van der Waals surface area contributed by atoms with E-state index in [1.807, 2.05) is 0 Å². The van der Waals surface area contributed by atoms with E-state index < -0.39 is 0 Å². The summed E-state index contributed by atoms with van der Waals surface area (Å²) in [4.78, 5) is 37.6. The number of carbonyl (C=O) groups excluding carboxylic acids is 2. The summed E-state index contributed by atoms with van der Waals surface area (Å²) in [6.45, 7) is 2.53. The van der Waals surface area contributed by atoms with Gasteiger partial charge < -0.3 is 9.80 Å². The minimum Gasteiger partial charge on any atom is -0.348 e. The zero-order chi connectivity index (χ0) is 15.0. The fourth-order valence-corrected chi connectivity index (χ4v) is 3.08. The third-order valence-electron chi connectivity index (χ3n) is 4.23. The highest BCUT2D eigenvalue weighted by Crippen LogP contribution is 2.34. The lowest BCUT2D eigenvalue weighted by molar-refractivity contribution is -0.130. The molecule has 2 atom stereocenters. The van der Waals surface area contributed by atoms with Gasteiger partial charge in [0.25, 0.3) is 0 Å². The summed E-state index contributed by atoms with van der Waals surface area (Å²) in [5, 5.41) is 0. The van der Waals surface area contributed by atoms with Crippen molar-refractivity contribution in [2.75, 3.05) is 45.2 Å². The van der Waals surface area contributed by atoms with E-state index in [0.29, 0.717) is 19.6 Å². The normalized spacial score (nSPS) is 25.2. The average Bonchev–Trinajstić information content (AvgIpc) is 2.99. The van der Waals surface area contributed by atoms with E-state index in [1.165, 1.54) is 6.33 Å². The zero-order valence-corrected chi connectivity index (χ0v) is 12.3. The van der Waals surface area contributed by atoms with Gasteiger partial charge in [0, 0.05) is 39.6 Å². The van der Waals surface area contributed by atoms with Crippen molar-refractivity contribution in [1.29, 1.82) is 0 Å². The second-order valence-electron chi connectivity index (χ2n) is 5.89. The van der Waals surface area contributed by atoms with E-state index in [0.717, 1.165) is 12.2 Å². The predicted molar refractivity (Wildman–Crippen MR) is 76.5 cm³/mol. The molecule has 112 valence electrons. The van der Waals surface area contributed by atoms with Gasteiger partial charge in [-0.15, -0.1) is 0 Å². The molecule has 0 saturated carbocycles. The Hall–Kier alpha value is -2.02. The third-order valence-corrected chi connectivity index (χ3v) is 4.23. The molecule has 2 amide bonds. The highest BCUT2D eigenvalue weighted by Gasteiger charge is 2.46. The quantitative estimate of drug-likeness (QED) is 0.747. The molecule has 7 heteroatoms. The Morgan fingerprint density at radius 1 is 1.29 bits per heavy atom. The number of carbonyl (C=O) groups is 2. The first kappa shape index (κ1) is 13.9. The molecule has 2 saturated heterocycles. The van der Waals surface area contributed by atoms with E-state index in [4.69, 9.17) is 0 Å². The van der Waals surface area contributed by atoms with Crippen LogP contribution in [0.4, 0.5) is 5.69 Å². The summed E-state index contributed by atoms with van der Waals surface area (Å²) >= 11 is 0. The highest BCUT2D eigenvalue weighted by atomic mass is 16.2. The number of likely N-dealkylation sites (tertiary alicyclic amines) is 1. The number of rotatable bonds is 3. The first-order chi connectivity index (χ1) is 10.1. The molecule has 0 aliphatic carbocycles. The topological polar surface area (TPSA) is 69.6 Å². The standard InChI is InChI=1S/C14H19N5O2/c1-17(2)13(20)8-18-5-10-6-19(14(21)12(10)7-18)11-3-15-9-16-4-11/h3-4,9-10,12H,5-8H2,1-2H3/t10-,12-/m1/s1. The van der Waals surface area contributed by atoms with Crippen LogP contribution < -0.4 is 4.90 Å². The number of likely N-dealkylation sites (N-methyl/N-ethyl adjacent to an activating group) is 1. The van der Waals surface area contributed by atoms with Crippen LogP contribution in [0.25, 0.3) is 0 Å². The van der Waals surface area contributed by atoms with E-state index >= 15 is 0 Å². The maximum Gasteiger partial charge on any atom is 0.236 e. The Bertz CT molecular complexity index is 548. The first-order valence-electron chi connectivity index (χ1n) is 7.05. The van der Waals surface area contributed by atoms with E-state index in [1.54, 1.807) is 36.3 Å². The van der Waals surface area contributed by atoms with Gasteiger partial charge in [-0.2, -0.15) is 0 Å². The molecule has 0 unspecified atom stereocenters.